The highest BCUT2D eigenvalue weighted by Crippen LogP contribution is 2.30. The van der Waals surface area contributed by atoms with Gasteiger partial charge in [0.15, 0.2) is 0 Å². The second kappa shape index (κ2) is 8.51. The molecule has 0 atom stereocenters. The van der Waals surface area contributed by atoms with Crippen molar-refractivity contribution >= 4 is 33.2 Å². The molecule has 2 aromatic heterocycles. The smallest absolute Gasteiger partial charge is 0.254 e. The topological polar surface area (TPSA) is 36.4 Å². The van der Waals surface area contributed by atoms with Gasteiger partial charge >= 0.3 is 0 Å². The Hall–Kier alpha value is -2.09. The summed E-state index contributed by atoms with van der Waals surface area (Å²) < 4.78 is 14.3. The Labute approximate surface area is 175 Å². The van der Waals surface area contributed by atoms with E-state index < -0.39 is 5.95 Å². The Kier molecular flexibility index (Phi) is 5.85. The van der Waals surface area contributed by atoms with Crippen LogP contribution in [0.25, 0.3) is 10.4 Å². The zero-order chi connectivity index (χ0) is 19.5. The molecule has 0 unspecified atom stereocenters. The number of hydrogen-bond acceptors (Lipinski definition) is 4. The second-order valence-corrected chi connectivity index (χ2v) is 8.79. The molecule has 3 heterocycles. The van der Waals surface area contributed by atoms with E-state index in [2.05, 4.69) is 62.2 Å². The van der Waals surface area contributed by atoms with Crippen molar-refractivity contribution in [3.05, 3.63) is 75.6 Å². The number of halogens is 2. The normalized spacial score (nSPS) is 15.0. The summed E-state index contributed by atoms with van der Waals surface area (Å²) in [4.78, 5) is 22.7. The van der Waals surface area contributed by atoms with Crippen molar-refractivity contribution < 1.29 is 9.18 Å². The summed E-state index contributed by atoms with van der Waals surface area (Å²) in [6.45, 7) is 3.80. The van der Waals surface area contributed by atoms with E-state index in [4.69, 9.17) is 0 Å². The fourth-order valence-corrected chi connectivity index (χ4v) is 4.60. The summed E-state index contributed by atoms with van der Waals surface area (Å²) in [6.07, 6.45) is 1.33. The maximum absolute atomic E-state index is 13.3. The van der Waals surface area contributed by atoms with Gasteiger partial charge in [0.2, 0.25) is 5.95 Å². The molecule has 0 N–H and O–H groups in total. The van der Waals surface area contributed by atoms with Crippen LogP contribution in [0, 0.1) is 5.95 Å². The minimum atomic E-state index is -0.622. The standard InChI is InChI=1S/C21H19BrFN3OS/c22-17-3-1-15(2-4-17)19-6-5-18(28-19)14-25-9-11-26(12-10-25)21(27)16-7-8-24-20(23)13-16/h1-8,13H,9-12,14H2. The van der Waals surface area contributed by atoms with Gasteiger partial charge < -0.3 is 4.90 Å². The first-order chi connectivity index (χ1) is 13.6. The molecule has 1 amide bonds. The van der Waals surface area contributed by atoms with Crippen LogP contribution in [0.1, 0.15) is 15.2 Å². The largest absolute Gasteiger partial charge is 0.336 e. The van der Waals surface area contributed by atoms with Crippen molar-refractivity contribution in [3.8, 4) is 10.4 Å². The second-order valence-electron chi connectivity index (χ2n) is 6.71. The summed E-state index contributed by atoms with van der Waals surface area (Å²) in [6, 6.07) is 15.5. The van der Waals surface area contributed by atoms with E-state index in [9.17, 15) is 9.18 Å². The van der Waals surface area contributed by atoms with Gasteiger partial charge in [-0.25, -0.2) is 4.98 Å². The highest BCUT2D eigenvalue weighted by atomic mass is 79.9. The zero-order valence-electron chi connectivity index (χ0n) is 15.1. The molecule has 1 aliphatic heterocycles. The number of hydrogen-bond donors (Lipinski definition) is 0. The lowest BCUT2D eigenvalue weighted by molar-refractivity contribution is 0.0629. The van der Waals surface area contributed by atoms with Crippen LogP contribution in [-0.4, -0.2) is 46.9 Å². The zero-order valence-corrected chi connectivity index (χ0v) is 17.5. The van der Waals surface area contributed by atoms with E-state index in [0.717, 1.165) is 24.1 Å². The Balaban J connectivity index is 1.33. The molecule has 3 aromatic rings. The Morgan fingerprint density at radius 1 is 1.07 bits per heavy atom. The van der Waals surface area contributed by atoms with E-state index in [1.54, 1.807) is 22.3 Å². The summed E-state index contributed by atoms with van der Waals surface area (Å²) in [7, 11) is 0. The predicted molar refractivity (Wildman–Crippen MR) is 113 cm³/mol. The number of piperazine rings is 1. The lowest BCUT2D eigenvalue weighted by Crippen LogP contribution is -2.48. The molecule has 7 heteroatoms. The van der Waals surface area contributed by atoms with Crippen molar-refractivity contribution in [2.45, 2.75) is 6.54 Å². The predicted octanol–water partition coefficient (Wildman–Crippen LogP) is 4.67. The minimum Gasteiger partial charge on any atom is -0.336 e. The van der Waals surface area contributed by atoms with E-state index in [-0.39, 0.29) is 5.91 Å². The molecular weight excluding hydrogens is 441 g/mol. The van der Waals surface area contributed by atoms with Gasteiger partial charge in [0, 0.05) is 64.8 Å². The van der Waals surface area contributed by atoms with E-state index in [0.29, 0.717) is 18.7 Å². The van der Waals surface area contributed by atoms with Crippen molar-refractivity contribution in [1.82, 2.24) is 14.8 Å². The van der Waals surface area contributed by atoms with Crippen LogP contribution in [-0.2, 0) is 6.54 Å². The van der Waals surface area contributed by atoms with Crippen LogP contribution in [0.5, 0.6) is 0 Å². The molecule has 1 aliphatic rings. The lowest BCUT2D eigenvalue weighted by atomic mass is 10.2. The number of pyridine rings is 1. The van der Waals surface area contributed by atoms with Crippen LogP contribution < -0.4 is 0 Å². The third-order valence-electron chi connectivity index (χ3n) is 4.80. The van der Waals surface area contributed by atoms with Gasteiger partial charge in [-0.05, 0) is 35.9 Å². The Bertz CT molecular complexity index is 968. The van der Waals surface area contributed by atoms with Crippen LogP contribution in [0.15, 0.2) is 59.2 Å². The van der Waals surface area contributed by atoms with Crippen LogP contribution in [0.3, 0.4) is 0 Å². The summed E-state index contributed by atoms with van der Waals surface area (Å²) in [5, 5.41) is 0. The van der Waals surface area contributed by atoms with E-state index >= 15 is 0 Å². The molecule has 1 fully saturated rings. The molecule has 0 aliphatic carbocycles. The van der Waals surface area contributed by atoms with Crippen molar-refractivity contribution in [2.24, 2.45) is 0 Å². The summed E-state index contributed by atoms with van der Waals surface area (Å²) in [5.74, 6) is -0.752. The lowest BCUT2D eigenvalue weighted by Gasteiger charge is -2.34. The molecule has 0 spiro atoms. The number of amides is 1. The van der Waals surface area contributed by atoms with Gasteiger partial charge in [-0.2, -0.15) is 4.39 Å². The fourth-order valence-electron chi connectivity index (χ4n) is 3.28. The Morgan fingerprint density at radius 2 is 1.82 bits per heavy atom. The number of thiophene rings is 1. The fraction of sp³-hybridized carbons (Fsp3) is 0.238. The molecule has 1 saturated heterocycles. The quantitative estimate of drug-likeness (QED) is 0.531. The molecule has 4 rings (SSSR count). The van der Waals surface area contributed by atoms with Gasteiger partial charge in [-0.15, -0.1) is 11.3 Å². The van der Waals surface area contributed by atoms with E-state index in [1.807, 2.05) is 0 Å². The molecule has 1 aromatic carbocycles. The maximum Gasteiger partial charge on any atom is 0.254 e. The van der Waals surface area contributed by atoms with Gasteiger partial charge in [0.1, 0.15) is 0 Å². The third kappa shape index (κ3) is 4.48. The Morgan fingerprint density at radius 3 is 2.54 bits per heavy atom. The summed E-state index contributed by atoms with van der Waals surface area (Å²) in [5.41, 5.74) is 1.58. The highest BCUT2D eigenvalue weighted by Gasteiger charge is 2.23. The third-order valence-corrected chi connectivity index (χ3v) is 6.45. The number of carbonyl (C=O) groups excluding carboxylic acids is 1. The number of benzene rings is 1. The van der Waals surface area contributed by atoms with Crippen molar-refractivity contribution in [1.29, 1.82) is 0 Å². The molecule has 0 bridgehead atoms. The van der Waals surface area contributed by atoms with Crippen LogP contribution >= 0.6 is 27.3 Å². The number of aromatic nitrogens is 1. The molecule has 0 saturated carbocycles. The van der Waals surface area contributed by atoms with Gasteiger partial charge in [0.25, 0.3) is 5.91 Å². The number of carbonyl (C=O) groups is 1. The first-order valence-electron chi connectivity index (χ1n) is 9.06. The van der Waals surface area contributed by atoms with Gasteiger partial charge in [-0.3, -0.25) is 9.69 Å². The molecule has 0 radical (unpaired) electrons. The van der Waals surface area contributed by atoms with Gasteiger partial charge in [0.05, 0.1) is 0 Å². The number of nitrogens with zero attached hydrogens (tertiary/aromatic N) is 3. The first kappa shape index (κ1) is 19.2. The highest BCUT2D eigenvalue weighted by molar-refractivity contribution is 9.10. The molecular formula is C21H19BrFN3OS. The SMILES string of the molecule is O=C(c1ccnc(F)c1)N1CCN(Cc2ccc(-c3ccc(Br)cc3)s2)CC1. The van der Waals surface area contributed by atoms with E-state index in [1.165, 1.54) is 27.6 Å². The van der Waals surface area contributed by atoms with Crippen LogP contribution in [0.2, 0.25) is 0 Å². The van der Waals surface area contributed by atoms with Crippen LogP contribution in [0.4, 0.5) is 4.39 Å². The molecule has 4 nitrogen and oxygen atoms in total. The first-order valence-corrected chi connectivity index (χ1v) is 10.7. The average Bonchev–Trinajstić information content (AvgIpc) is 3.17. The summed E-state index contributed by atoms with van der Waals surface area (Å²) >= 11 is 5.27. The molecule has 144 valence electrons. The maximum atomic E-state index is 13.3. The monoisotopic (exact) mass is 459 g/mol. The van der Waals surface area contributed by atoms with Crippen molar-refractivity contribution in [2.75, 3.05) is 26.2 Å². The molecule has 28 heavy (non-hydrogen) atoms. The minimum absolute atomic E-state index is 0.130. The number of rotatable bonds is 4. The average molecular weight is 460 g/mol. The van der Waals surface area contributed by atoms with Gasteiger partial charge in [-0.1, -0.05) is 28.1 Å². The van der Waals surface area contributed by atoms with Crippen molar-refractivity contribution in [3.63, 3.8) is 0 Å².